The molecule has 17 nitrogen and oxygen atoms in total. The SMILES string of the molecule is CCCCCCCCCCCCCCCCCCCCCC(=O)O[C@H](COC(=O)CCCCCCCCCCCCCCCCCCCC)COP(=O)(O)OC[C@@H](O)COP(=O)(O)OC[C@@H](COC(=O)CCCCCCCCCCCCC)OC(=O)CCCCCCCCCCCCCCCC. The van der Waals surface area contributed by atoms with Gasteiger partial charge in [-0.15, -0.1) is 0 Å². The third-order valence-corrected chi connectivity index (χ3v) is 21.5. The number of rotatable bonds is 84. The van der Waals surface area contributed by atoms with Gasteiger partial charge in [0.2, 0.25) is 0 Å². The van der Waals surface area contributed by atoms with Crippen LogP contribution >= 0.6 is 15.6 Å². The first-order valence-electron chi connectivity index (χ1n) is 43.3. The Hall–Kier alpha value is -1.94. The normalized spacial score (nSPS) is 13.8. The van der Waals surface area contributed by atoms with Crippen LogP contribution in [0.25, 0.3) is 0 Å². The molecule has 0 aromatic heterocycles. The van der Waals surface area contributed by atoms with Crippen LogP contribution in [-0.2, 0) is 65.4 Å². The number of hydrogen-bond acceptors (Lipinski definition) is 15. The van der Waals surface area contributed by atoms with Crippen molar-refractivity contribution in [3.8, 4) is 0 Å². The van der Waals surface area contributed by atoms with Gasteiger partial charge in [0.25, 0.3) is 0 Å². The third kappa shape index (κ3) is 76.3. The van der Waals surface area contributed by atoms with E-state index in [1.54, 1.807) is 0 Å². The van der Waals surface area contributed by atoms with Gasteiger partial charge in [0, 0.05) is 25.7 Å². The van der Waals surface area contributed by atoms with E-state index >= 15 is 0 Å². The largest absolute Gasteiger partial charge is 0.472 e. The summed E-state index contributed by atoms with van der Waals surface area (Å²) in [5.74, 6) is -2.10. The minimum Gasteiger partial charge on any atom is -0.462 e. The summed E-state index contributed by atoms with van der Waals surface area (Å²) in [6, 6.07) is 0. The molecule has 0 aromatic rings. The molecule has 0 radical (unpaired) electrons. The Bertz CT molecular complexity index is 1930. The summed E-state index contributed by atoms with van der Waals surface area (Å²) in [6.45, 7) is 5.04. The highest BCUT2D eigenvalue weighted by Crippen LogP contribution is 2.45. The summed E-state index contributed by atoms with van der Waals surface area (Å²) >= 11 is 0. The van der Waals surface area contributed by atoms with E-state index in [-0.39, 0.29) is 25.7 Å². The molecule has 0 fully saturated rings. The summed E-state index contributed by atoms with van der Waals surface area (Å²) in [6.07, 6.45) is 70.7. The van der Waals surface area contributed by atoms with Gasteiger partial charge < -0.3 is 33.8 Å². The fraction of sp³-hybridized carbons (Fsp3) is 0.952. The van der Waals surface area contributed by atoms with Crippen LogP contribution in [0, 0.1) is 0 Å². The summed E-state index contributed by atoms with van der Waals surface area (Å²) < 4.78 is 68.8. The molecule has 3 N–H and O–H groups in total. The van der Waals surface area contributed by atoms with E-state index in [1.165, 1.54) is 283 Å². The zero-order chi connectivity index (χ0) is 74.6. The lowest BCUT2D eigenvalue weighted by atomic mass is 10.0. The second kappa shape index (κ2) is 77.2. The van der Waals surface area contributed by atoms with Crippen LogP contribution in [0.4, 0.5) is 0 Å². The number of aliphatic hydroxyl groups excluding tert-OH is 1. The van der Waals surface area contributed by atoms with E-state index in [4.69, 9.17) is 37.0 Å². The first-order chi connectivity index (χ1) is 49.7. The van der Waals surface area contributed by atoms with Gasteiger partial charge in [-0.3, -0.25) is 37.3 Å². The van der Waals surface area contributed by atoms with Crippen LogP contribution in [0.5, 0.6) is 0 Å². The average molecular weight is 1490 g/mol. The van der Waals surface area contributed by atoms with Crippen molar-refractivity contribution in [3.63, 3.8) is 0 Å². The van der Waals surface area contributed by atoms with E-state index in [0.717, 1.165) is 89.9 Å². The van der Waals surface area contributed by atoms with Crippen LogP contribution in [0.2, 0.25) is 0 Å². The molecule has 0 aromatic carbocycles. The van der Waals surface area contributed by atoms with Gasteiger partial charge in [-0.05, 0) is 25.7 Å². The van der Waals surface area contributed by atoms with Crippen LogP contribution in [0.15, 0.2) is 0 Å². The molecular weight excluding hydrogens is 1330 g/mol. The Morgan fingerprint density at radius 2 is 0.392 bits per heavy atom. The number of hydrogen-bond donors (Lipinski definition) is 3. The first-order valence-corrected chi connectivity index (χ1v) is 46.3. The Morgan fingerprint density at radius 1 is 0.235 bits per heavy atom. The van der Waals surface area contributed by atoms with E-state index in [0.29, 0.717) is 25.7 Å². The number of unbranched alkanes of at least 4 members (excludes halogenated alkanes) is 58. The molecule has 0 amide bonds. The molecule has 0 spiro atoms. The number of phosphoric ester groups is 2. The van der Waals surface area contributed by atoms with Crippen LogP contribution in [-0.4, -0.2) is 96.7 Å². The Labute approximate surface area is 626 Å². The van der Waals surface area contributed by atoms with Gasteiger partial charge >= 0.3 is 39.5 Å². The topological polar surface area (TPSA) is 237 Å². The molecule has 102 heavy (non-hydrogen) atoms. The van der Waals surface area contributed by atoms with Crippen LogP contribution < -0.4 is 0 Å². The molecular formula is C83H162O17P2. The van der Waals surface area contributed by atoms with Gasteiger partial charge in [0.15, 0.2) is 12.2 Å². The molecule has 0 bridgehead atoms. The maximum absolute atomic E-state index is 13.1. The number of aliphatic hydroxyl groups is 1. The summed E-state index contributed by atoms with van der Waals surface area (Å²) in [7, 11) is -9.92. The molecule has 19 heteroatoms. The second-order valence-corrected chi connectivity index (χ2v) is 32.8. The number of carbonyl (C=O) groups is 4. The van der Waals surface area contributed by atoms with E-state index in [9.17, 15) is 43.2 Å². The smallest absolute Gasteiger partial charge is 0.462 e. The van der Waals surface area contributed by atoms with Crippen molar-refractivity contribution in [3.05, 3.63) is 0 Å². The average Bonchev–Trinajstić information content (AvgIpc) is 0.932. The van der Waals surface area contributed by atoms with Crippen molar-refractivity contribution in [2.75, 3.05) is 39.6 Å². The fourth-order valence-electron chi connectivity index (χ4n) is 13.0. The standard InChI is InChI=1S/C83H162O17P2/c1-5-9-13-17-21-25-29-32-35-37-39-41-43-46-50-54-58-62-66-70-83(88)100-79(74-94-81(86)68-64-60-56-52-48-45-42-40-38-36-33-30-26-22-18-14-10-6-2)76-98-102(91,92)96-72-77(84)71-95-101(89,90)97-75-78(73-93-80(85)67-63-59-55-51-47-28-24-20-16-12-8-4)99-82(87)69-65-61-57-53-49-44-34-31-27-23-19-15-11-7-3/h77-79,84H,5-76H2,1-4H3,(H,89,90)(H,91,92)/t77-,78+,79+/m0/s1. The third-order valence-electron chi connectivity index (χ3n) is 19.6. The Balaban J connectivity index is 5.24. The van der Waals surface area contributed by atoms with Crippen molar-refractivity contribution < 1.29 is 80.2 Å². The monoisotopic (exact) mass is 1490 g/mol. The molecule has 0 rings (SSSR count). The molecule has 0 aliphatic carbocycles. The van der Waals surface area contributed by atoms with Crippen molar-refractivity contribution >= 4 is 39.5 Å². The van der Waals surface area contributed by atoms with Crippen molar-refractivity contribution in [2.45, 2.75) is 470 Å². The fourth-order valence-corrected chi connectivity index (χ4v) is 14.6. The van der Waals surface area contributed by atoms with Crippen molar-refractivity contribution in [2.24, 2.45) is 0 Å². The van der Waals surface area contributed by atoms with Crippen molar-refractivity contribution in [1.82, 2.24) is 0 Å². The first kappa shape index (κ1) is 100. The summed E-state index contributed by atoms with van der Waals surface area (Å²) in [5.41, 5.74) is 0. The molecule has 606 valence electrons. The number of carbonyl (C=O) groups excluding carboxylic acids is 4. The summed E-state index contributed by atoms with van der Waals surface area (Å²) in [4.78, 5) is 73.1. The van der Waals surface area contributed by atoms with Crippen LogP contribution in [0.3, 0.4) is 0 Å². The molecule has 0 aliphatic rings. The lowest BCUT2D eigenvalue weighted by Gasteiger charge is -2.21. The number of ether oxygens (including phenoxy) is 4. The molecule has 0 saturated carbocycles. The van der Waals surface area contributed by atoms with Gasteiger partial charge in [-0.1, -0.05) is 400 Å². The maximum atomic E-state index is 13.1. The lowest BCUT2D eigenvalue weighted by Crippen LogP contribution is -2.30. The zero-order valence-electron chi connectivity index (χ0n) is 66.6. The van der Waals surface area contributed by atoms with Gasteiger partial charge in [0.05, 0.1) is 26.4 Å². The molecule has 0 aliphatic heterocycles. The highest BCUT2D eigenvalue weighted by atomic mass is 31.2. The molecule has 2 unspecified atom stereocenters. The number of phosphoric acid groups is 2. The van der Waals surface area contributed by atoms with Crippen molar-refractivity contribution in [1.29, 1.82) is 0 Å². The summed E-state index contributed by atoms with van der Waals surface area (Å²) in [5, 5.41) is 10.7. The second-order valence-electron chi connectivity index (χ2n) is 29.9. The quantitative estimate of drug-likeness (QED) is 0.0222. The minimum absolute atomic E-state index is 0.109. The zero-order valence-corrected chi connectivity index (χ0v) is 68.4. The highest BCUT2D eigenvalue weighted by Gasteiger charge is 2.30. The maximum Gasteiger partial charge on any atom is 0.472 e. The van der Waals surface area contributed by atoms with Gasteiger partial charge in [-0.2, -0.15) is 0 Å². The van der Waals surface area contributed by atoms with Crippen LogP contribution in [0.1, 0.15) is 451 Å². The molecule has 0 heterocycles. The molecule has 0 saturated heterocycles. The van der Waals surface area contributed by atoms with E-state index < -0.39 is 97.5 Å². The van der Waals surface area contributed by atoms with E-state index in [1.807, 2.05) is 0 Å². The minimum atomic E-state index is -4.96. The predicted octanol–water partition coefficient (Wildman–Crippen LogP) is 25.4. The predicted molar refractivity (Wildman–Crippen MR) is 419 cm³/mol. The number of esters is 4. The molecule has 5 atom stereocenters. The van der Waals surface area contributed by atoms with Gasteiger partial charge in [0.1, 0.15) is 19.3 Å². The van der Waals surface area contributed by atoms with E-state index in [2.05, 4.69) is 27.7 Å². The lowest BCUT2D eigenvalue weighted by molar-refractivity contribution is -0.161. The Kier molecular flexibility index (Phi) is 75.8. The van der Waals surface area contributed by atoms with Gasteiger partial charge in [-0.25, -0.2) is 9.13 Å². The highest BCUT2D eigenvalue weighted by molar-refractivity contribution is 7.47. The Morgan fingerprint density at radius 3 is 0.578 bits per heavy atom.